The van der Waals surface area contributed by atoms with Crippen LogP contribution in [0.15, 0.2) is 66.0 Å². The standard InChI is InChI=1S/C18H16N2OS/c1-20(15-10-6-3-7-11-15)18(21)16-13-22-17(19-16)12-14-8-4-2-5-9-14/h2-11,13H,12H2,1H3. The quantitative estimate of drug-likeness (QED) is 0.729. The molecule has 0 N–H and O–H groups in total. The molecule has 2 aromatic carbocycles. The Morgan fingerprint density at radius 2 is 1.68 bits per heavy atom. The summed E-state index contributed by atoms with van der Waals surface area (Å²) in [5, 5.41) is 2.79. The molecule has 3 aromatic rings. The van der Waals surface area contributed by atoms with E-state index in [0.29, 0.717) is 5.69 Å². The van der Waals surface area contributed by atoms with E-state index >= 15 is 0 Å². The Morgan fingerprint density at radius 3 is 2.36 bits per heavy atom. The molecule has 3 nitrogen and oxygen atoms in total. The van der Waals surface area contributed by atoms with Gasteiger partial charge in [-0.15, -0.1) is 11.3 Å². The summed E-state index contributed by atoms with van der Waals surface area (Å²) >= 11 is 1.53. The third-order valence-corrected chi connectivity index (χ3v) is 4.27. The zero-order valence-corrected chi connectivity index (χ0v) is 13.1. The lowest BCUT2D eigenvalue weighted by Crippen LogP contribution is -2.26. The van der Waals surface area contributed by atoms with Gasteiger partial charge in [-0.1, -0.05) is 48.5 Å². The van der Waals surface area contributed by atoms with Crippen LogP contribution in [-0.2, 0) is 6.42 Å². The molecule has 22 heavy (non-hydrogen) atoms. The van der Waals surface area contributed by atoms with Crippen molar-refractivity contribution in [3.63, 3.8) is 0 Å². The smallest absolute Gasteiger partial charge is 0.277 e. The van der Waals surface area contributed by atoms with E-state index in [0.717, 1.165) is 17.1 Å². The van der Waals surface area contributed by atoms with Crippen LogP contribution in [0.25, 0.3) is 0 Å². The van der Waals surface area contributed by atoms with E-state index in [-0.39, 0.29) is 5.91 Å². The maximum absolute atomic E-state index is 12.5. The van der Waals surface area contributed by atoms with Crippen LogP contribution < -0.4 is 4.90 Å². The Hall–Kier alpha value is -2.46. The van der Waals surface area contributed by atoms with Crippen molar-refractivity contribution in [3.8, 4) is 0 Å². The van der Waals surface area contributed by atoms with Crippen molar-refractivity contribution in [1.29, 1.82) is 0 Å². The molecule has 1 heterocycles. The molecule has 4 heteroatoms. The molecule has 0 saturated heterocycles. The van der Waals surface area contributed by atoms with E-state index in [4.69, 9.17) is 0 Å². The fourth-order valence-corrected chi connectivity index (χ4v) is 3.00. The minimum Gasteiger partial charge on any atom is -0.310 e. The van der Waals surface area contributed by atoms with E-state index in [1.165, 1.54) is 16.9 Å². The maximum atomic E-state index is 12.5. The first-order valence-corrected chi connectivity index (χ1v) is 7.93. The molecule has 0 aliphatic carbocycles. The number of hydrogen-bond donors (Lipinski definition) is 0. The van der Waals surface area contributed by atoms with Gasteiger partial charge in [0, 0.05) is 24.5 Å². The van der Waals surface area contributed by atoms with Crippen LogP contribution in [0, 0.1) is 0 Å². The molecular weight excluding hydrogens is 292 g/mol. The first-order valence-electron chi connectivity index (χ1n) is 7.05. The number of anilines is 1. The topological polar surface area (TPSA) is 33.2 Å². The zero-order chi connectivity index (χ0) is 15.4. The van der Waals surface area contributed by atoms with Gasteiger partial charge >= 0.3 is 0 Å². The normalized spacial score (nSPS) is 10.4. The summed E-state index contributed by atoms with van der Waals surface area (Å²) in [5.74, 6) is -0.0817. The van der Waals surface area contributed by atoms with Crippen molar-refractivity contribution < 1.29 is 4.79 Å². The lowest BCUT2D eigenvalue weighted by molar-refractivity contribution is 0.0989. The molecule has 3 rings (SSSR count). The number of thiazole rings is 1. The van der Waals surface area contributed by atoms with E-state index in [1.54, 1.807) is 11.9 Å². The first-order chi connectivity index (χ1) is 10.7. The van der Waals surface area contributed by atoms with Crippen LogP contribution >= 0.6 is 11.3 Å². The minimum atomic E-state index is -0.0817. The van der Waals surface area contributed by atoms with Gasteiger partial charge < -0.3 is 4.90 Å². The monoisotopic (exact) mass is 308 g/mol. The zero-order valence-electron chi connectivity index (χ0n) is 12.3. The van der Waals surface area contributed by atoms with Crippen molar-refractivity contribution in [2.24, 2.45) is 0 Å². The predicted octanol–water partition coefficient (Wildman–Crippen LogP) is 4.01. The molecule has 1 aromatic heterocycles. The Morgan fingerprint density at radius 1 is 1.05 bits per heavy atom. The van der Waals surface area contributed by atoms with Crippen LogP contribution in [0.2, 0.25) is 0 Å². The molecule has 0 fully saturated rings. The fraction of sp³-hybridized carbons (Fsp3) is 0.111. The van der Waals surface area contributed by atoms with E-state index < -0.39 is 0 Å². The van der Waals surface area contributed by atoms with Gasteiger partial charge in [0.05, 0.1) is 5.01 Å². The van der Waals surface area contributed by atoms with Crippen molar-refractivity contribution in [1.82, 2.24) is 4.98 Å². The molecule has 0 aliphatic heterocycles. The van der Waals surface area contributed by atoms with Crippen molar-refractivity contribution >= 4 is 22.9 Å². The summed E-state index contributed by atoms with van der Waals surface area (Å²) in [5.41, 5.74) is 2.57. The number of carbonyl (C=O) groups is 1. The molecule has 110 valence electrons. The summed E-state index contributed by atoms with van der Waals surface area (Å²) in [7, 11) is 1.77. The summed E-state index contributed by atoms with van der Waals surface area (Å²) < 4.78 is 0. The van der Waals surface area contributed by atoms with Gasteiger partial charge in [0.2, 0.25) is 0 Å². The highest BCUT2D eigenvalue weighted by molar-refractivity contribution is 7.09. The second-order valence-electron chi connectivity index (χ2n) is 4.99. The average Bonchev–Trinajstić information content (AvgIpc) is 3.04. The lowest BCUT2D eigenvalue weighted by atomic mass is 10.2. The molecule has 1 amide bonds. The van der Waals surface area contributed by atoms with E-state index in [9.17, 15) is 4.79 Å². The maximum Gasteiger partial charge on any atom is 0.277 e. The van der Waals surface area contributed by atoms with Crippen LogP contribution in [0.1, 0.15) is 21.1 Å². The first kappa shape index (κ1) is 14.5. The highest BCUT2D eigenvalue weighted by Crippen LogP contribution is 2.18. The van der Waals surface area contributed by atoms with E-state index in [2.05, 4.69) is 17.1 Å². The predicted molar refractivity (Wildman–Crippen MR) is 90.5 cm³/mol. The number of para-hydroxylation sites is 1. The number of amides is 1. The third-order valence-electron chi connectivity index (χ3n) is 3.42. The SMILES string of the molecule is CN(C(=O)c1csc(Cc2ccccc2)n1)c1ccccc1. The molecule has 0 radical (unpaired) electrons. The van der Waals surface area contributed by atoms with Gasteiger partial charge in [-0.25, -0.2) is 4.98 Å². The highest BCUT2D eigenvalue weighted by Gasteiger charge is 2.16. The van der Waals surface area contributed by atoms with Gasteiger partial charge in [-0.3, -0.25) is 4.79 Å². The van der Waals surface area contributed by atoms with Crippen LogP contribution in [0.5, 0.6) is 0 Å². The Balaban J connectivity index is 1.74. The lowest BCUT2D eigenvalue weighted by Gasteiger charge is -2.15. The number of hydrogen-bond acceptors (Lipinski definition) is 3. The Bertz CT molecular complexity index is 753. The van der Waals surface area contributed by atoms with Gasteiger partial charge in [0.1, 0.15) is 5.69 Å². The van der Waals surface area contributed by atoms with Gasteiger partial charge in [-0.2, -0.15) is 0 Å². The number of carbonyl (C=O) groups excluding carboxylic acids is 1. The second kappa shape index (κ2) is 6.54. The number of benzene rings is 2. The molecule has 0 unspecified atom stereocenters. The largest absolute Gasteiger partial charge is 0.310 e. The average molecular weight is 308 g/mol. The molecule has 0 spiro atoms. The van der Waals surface area contributed by atoms with Crippen molar-refractivity contribution in [2.45, 2.75) is 6.42 Å². The minimum absolute atomic E-state index is 0.0817. The number of aromatic nitrogens is 1. The highest BCUT2D eigenvalue weighted by atomic mass is 32.1. The summed E-state index contributed by atoms with van der Waals surface area (Å²) in [4.78, 5) is 18.6. The number of nitrogens with zero attached hydrogens (tertiary/aromatic N) is 2. The molecule has 0 atom stereocenters. The molecule has 0 aliphatic rings. The van der Waals surface area contributed by atoms with Gasteiger partial charge in [0.15, 0.2) is 0 Å². The Kier molecular flexibility index (Phi) is 4.30. The van der Waals surface area contributed by atoms with E-state index in [1.807, 2.05) is 53.9 Å². The van der Waals surface area contributed by atoms with Gasteiger partial charge in [0.25, 0.3) is 5.91 Å². The molecule has 0 bridgehead atoms. The van der Waals surface area contributed by atoms with Crippen LogP contribution in [-0.4, -0.2) is 17.9 Å². The van der Waals surface area contributed by atoms with Crippen molar-refractivity contribution in [2.75, 3.05) is 11.9 Å². The van der Waals surface area contributed by atoms with Crippen LogP contribution in [0.4, 0.5) is 5.69 Å². The Labute approximate surface area is 133 Å². The van der Waals surface area contributed by atoms with Crippen LogP contribution in [0.3, 0.4) is 0 Å². The van der Waals surface area contributed by atoms with Gasteiger partial charge in [-0.05, 0) is 17.7 Å². The summed E-state index contributed by atoms with van der Waals surface area (Å²) in [6.45, 7) is 0. The second-order valence-corrected chi connectivity index (χ2v) is 5.93. The number of rotatable bonds is 4. The summed E-state index contributed by atoms with van der Waals surface area (Å²) in [6.07, 6.45) is 0.758. The molecule has 0 saturated carbocycles. The molecular formula is C18H16N2OS. The fourth-order valence-electron chi connectivity index (χ4n) is 2.20. The summed E-state index contributed by atoms with van der Waals surface area (Å²) in [6, 6.07) is 19.7. The van der Waals surface area contributed by atoms with Crippen molar-refractivity contribution in [3.05, 3.63) is 82.3 Å². The third kappa shape index (κ3) is 3.23.